The van der Waals surface area contributed by atoms with Crippen LogP contribution in [0.25, 0.3) is 5.95 Å². The van der Waals surface area contributed by atoms with Crippen molar-refractivity contribution in [3.8, 4) is 5.95 Å². The molecule has 3 aromatic rings. The van der Waals surface area contributed by atoms with Crippen LogP contribution in [0.2, 0.25) is 0 Å². The van der Waals surface area contributed by atoms with Gasteiger partial charge in [0, 0.05) is 63.2 Å². The molecule has 0 amide bonds. The quantitative estimate of drug-likeness (QED) is 0.736. The molecule has 1 aliphatic rings. The van der Waals surface area contributed by atoms with E-state index in [2.05, 4.69) is 47.5 Å². The van der Waals surface area contributed by atoms with E-state index in [1.807, 2.05) is 30.6 Å². The molecular formula is C18H20N6. The fourth-order valence-electron chi connectivity index (χ4n) is 3.06. The maximum atomic E-state index is 4.44. The Morgan fingerprint density at radius 3 is 2.33 bits per heavy atom. The molecule has 122 valence electrons. The Bertz CT molecular complexity index is 762. The minimum atomic E-state index is 0.727. The van der Waals surface area contributed by atoms with E-state index in [0.717, 1.165) is 44.5 Å². The van der Waals surface area contributed by atoms with E-state index in [-0.39, 0.29) is 0 Å². The topological polar surface area (TPSA) is 50.1 Å². The summed E-state index contributed by atoms with van der Waals surface area (Å²) < 4.78 is 2.06. The molecule has 0 saturated carbocycles. The van der Waals surface area contributed by atoms with E-state index < -0.39 is 0 Å². The third-order valence-corrected chi connectivity index (χ3v) is 4.33. The van der Waals surface area contributed by atoms with Crippen LogP contribution in [-0.2, 0) is 6.54 Å². The number of hydrogen-bond donors (Lipinski definition) is 0. The highest BCUT2D eigenvalue weighted by molar-refractivity contribution is 5.38. The van der Waals surface area contributed by atoms with E-state index in [0.29, 0.717) is 0 Å². The highest BCUT2D eigenvalue weighted by Crippen LogP contribution is 2.16. The molecular weight excluding hydrogens is 300 g/mol. The standard InChI is InChI=1S/C18H20N6/c1-2-7-19-17(6-1)23-13-11-22(12-14-23)15-16-5-3-10-24(16)18-20-8-4-9-21-18/h1-10H,11-15H2. The number of pyridine rings is 1. The van der Waals surface area contributed by atoms with Gasteiger partial charge in [0.25, 0.3) is 0 Å². The molecule has 3 aromatic heterocycles. The first-order valence-corrected chi connectivity index (χ1v) is 8.22. The van der Waals surface area contributed by atoms with E-state index in [9.17, 15) is 0 Å². The van der Waals surface area contributed by atoms with Crippen LogP contribution in [0.5, 0.6) is 0 Å². The van der Waals surface area contributed by atoms with Gasteiger partial charge in [-0.2, -0.15) is 0 Å². The molecule has 4 heterocycles. The van der Waals surface area contributed by atoms with Crippen molar-refractivity contribution >= 4 is 5.82 Å². The second-order valence-electron chi connectivity index (χ2n) is 5.87. The maximum Gasteiger partial charge on any atom is 0.233 e. The summed E-state index contributed by atoms with van der Waals surface area (Å²) >= 11 is 0. The van der Waals surface area contributed by atoms with Crippen LogP contribution in [0.15, 0.2) is 61.2 Å². The van der Waals surface area contributed by atoms with Crippen LogP contribution in [0.1, 0.15) is 5.69 Å². The zero-order chi connectivity index (χ0) is 16.2. The van der Waals surface area contributed by atoms with Gasteiger partial charge in [-0.15, -0.1) is 0 Å². The van der Waals surface area contributed by atoms with E-state index >= 15 is 0 Å². The smallest absolute Gasteiger partial charge is 0.233 e. The predicted octanol–water partition coefficient (Wildman–Crippen LogP) is 1.98. The molecule has 0 unspecified atom stereocenters. The Kier molecular flexibility index (Phi) is 4.20. The number of aromatic nitrogens is 4. The summed E-state index contributed by atoms with van der Waals surface area (Å²) in [5.41, 5.74) is 1.22. The zero-order valence-electron chi connectivity index (χ0n) is 13.5. The number of rotatable bonds is 4. The third-order valence-electron chi connectivity index (χ3n) is 4.33. The molecule has 6 nitrogen and oxygen atoms in total. The average molecular weight is 320 g/mol. The predicted molar refractivity (Wildman–Crippen MR) is 93.1 cm³/mol. The van der Waals surface area contributed by atoms with Crippen molar-refractivity contribution in [3.63, 3.8) is 0 Å². The van der Waals surface area contributed by atoms with E-state index in [1.54, 1.807) is 12.4 Å². The molecule has 0 atom stereocenters. The van der Waals surface area contributed by atoms with Gasteiger partial charge in [0.2, 0.25) is 5.95 Å². The first-order chi connectivity index (χ1) is 11.9. The van der Waals surface area contributed by atoms with Crippen molar-refractivity contribution < 1.29 is 0 Å². The number of piperazine rings is 1. The monoisotopic (exact) mass is 320 g/mol. The molecule has 0 spiro atoms. The molecule has 0 radical (unpaired) electrons. The van der Waals surface area contributed by atoms with Crippen molar-refractivity contribution in [2.75, 3.05) is 31.1 Å². The Morgan fingerprint density at radius 1 is 0.792 bits per heavy atom. The summed E-state index contributed by atoms with van der Waals surface area (Å²) in [4.78, 5) is 17.9. The van der Waals surface area contributed by atoms with E-state index in [1.165, 1.54) is 5.69 Å². The molecule has 4 rings (SSSR count). The van der Waals surface area contributed by atoms with Gasteiger partial charge in [-0.05, 0) is 30.3 Å². The van der Waals surface area contributed by atoms with Gasteiger partial charge < -0.3 is 4.90 Å². The van der Waals surface area contributed by atoms with Gasteiger partial charge in [0.05, 0.1) is 0 Å². The Balaban J connectivity index is 1.41. The molecule has 24 heavy (non-hydrogen) atoms. The van der Waals surface area contributed by atoms with Crippen LogP contribution in [0.3, 0.4) is 0 Å². The largest absolute Gasteiger partial charge is 0.354 e. The van der Waals surface area contributed by atoms with Gasteiger partial charge in [-0.1, -0.05) is 6.07 Å². The summed E-state index contributed by atoms with van der Waals surface area (Å²) in [6.45, 7) is 4.95. The second-order valence-corrected chi connectivity index (χ2v) is 5.87. The minimum Gasteiger partial charge on any atom is -0.354 e. The van der Waals surface area contributed by atoms with Crippen LogP contribution in [0.4, 0.5) is 5.82 Å². The summed E-state index contributed by atoms with van der Waals surface area (Å²) in [6.07, 6.45) is 7.43. The van der Waals surface area contributed by atoms with Gasteiger partial charge >= 0.3 is 0 Å². The lowest BCUT2D eigenvalue weighted by molar-refractivity contribution is 0.245. The molecule has 6 heteroatoms. The number of anilines is 1. The zero-order valence-corrected chi connectivity index (χ0v) is 13.5. The average Bonchev–Trinajstić information content (AvgIpc) is 3.12. The molecule has 1 aliphatic heterocycles. The fraction of sp³-hybridized carbons (Fsp3) is 0.278. The van der Waals surface area contributed by atoms with Crippen LogP contribution in [0, 0.1) is 0 Å². The Hall–Kier alpha value is -2.73. The lowest BCUT2D eigenvalue weighted by Gasteiger charge is -2.35. The molecule has 0 bridgehead atoms. The van der Waals surface area contributed by atoms with Crippen molar-refractivity contribution in [2.24, 2.45) is 0 Å². The summed E-state index contributed by atoms with van der Waals surface area (Å²) in [7, 11) is 0. The fourth-order valence-corrected chi connectivity index (χ4v) is 3.06. The second kappa shape index (κ2) is 6.80. The maximum absolute atomic E-state index is 4.44. The van der Waals surface area contributed by atoms with Gasteiger partial charge in [-0.3, -0.25) is 9.47 Å². The van der Waals surface area contributed by atoms with Crippen molar-refractivity contribution in [2.45, 2.75) is 6.54 Å². The lowest BCUT2D eigenvalue weighted by atomic mass is 10.3. The molecule has 0 aromatic carbocycles. The Labute approximate surface area is 141 Å². The first kappa shape index (κ1) is 14.8. The summed E-state index contributed by atoms with van der Waals surface area (Å²) in [5, 5.41) is 0. The van der Waals surface area contributed by atoms with Gasteiger partial charge in [0.15, 0.2) is 0 Å². The molecule has 1 fully saturated rings. The minimum absolute atomic E-state index is 0.727. The SMILES string of the molecule is c1ccc(N2CCN(Cc3cccn3-c3ncccn3)CC2)nc1. The van der Waals surface area contributed by atoms with E-state index in [4.69, 9.17) is 0 Å². The third kappa shape index (κ3) is 3.14. The van der Waals surface area contributed by atoms with Crippen molar-refractivity contribution in [3.05, 3.63) is 66.9 Å². The molecule has 0 aliphatic carbocycles. The Morgan fingerprint density at radius 2 is 1.58 bits per heavy atom. The first-order valence-electron chi connectivity index (χ1n) is 8.22. The van der Waals surface area contributed by atoms with Crippen LogP contribution < -0.4 is 4.90 Å². The molecule has 1 saturated heterocycles. The lowest BCUT2D eigenvalue weighted by Crippen LogP contribution is -2.46. The number of hydrogen-bond acceptors (Lipinski definition) is 5. The van der Waals surface area contributed by atoms with Crippen molar-refractivity contribution in [1.29, 1.82) is 0 Å². The van der Waals surface area contributed by atoms with Crippen LogP contribution in [-0.4, -0.2) is 50.6 Å². The van der Waals surface area contributed by atoms with Gasteiger partial charge in [0.1, 0.15) is 5.82 Å². The highest BCUT2D eigenvalue weighted by atomic mass is 15.3. The number of nitrogens with zero attached hydrogens (tertiary/aromatic N) is 6. The highest BCUT2D eigenvalue weighted by Gasteiger charge is 2.19. The summed E-state index contributed by atoms with van der Waals surface area (Å²) in [6, 6.07) is 12.1. The molecule has 0 N–H and O–H groups in total. The van der Waals surface area contributed by atoms with Crippen molar-refractivity contribution in [1.82, 2.24) is 24.4 Å². The normalized spacial score (nSPS) is 15.6. The summed E-state index contributed by atoms with van der Waals surface area (Å²) in [5.74, 6) is 1.79. The van der Waals surface area contributed by atoms with Crippen LogP contribution >= 0.6 is 0 Å². The van der Waals surface area contributed by atoms with Gasteiger partial charge in [-0.25, -0.2) is 15.0 Å².